The van der Waals surface area contributed by atoms with Crippen molar-refractivity contribution in [3.05, 3.63) is 0 Å². The fourth-order valence-electron chi connectivity index (χ4n) is 5.09. The van der Waals surface area contributed by atoms with Gasteiger partial charge in [0, 0.05) is 41.5 Å². The molecule has 14 heteroatoms. The number of carboxylic acids is 2. The molecule has 36 heavy (non-hydrogen) atoms. The SMILES string of the molecule is CO[Si](C)(CCCNC(=O)C1C(C)(C(=O)O)C(C(=O)NCCC[Si](C)(OC)OC)C1(C)C(=O)O)OC. The maximum absolute atomic E-state index is 13.1. The van der Waals surface area contributed by atoms with Crippen LogP contribution >= 0.6 is 0 Å². The molecule has 0 aromatic rings. The topological polar surface area (TPSA) is 170 Å². The van der Waals surface area contributed by atoms with Gasteiger partial charge in [0.2, 0.25) is 11.8 Å². The monoisotopic (exact) mass is 550 g/mol. The van der Waals surface area contributed by atoms with E-state index < -0.39 is 63.5 Å². The van der Waals surface area contributed by atoms with Gasteiger partial charge in [-0.1, -0.05) is 0 Å². The van der Waals surface area contributed by atoms with Crippen LogP contribution in [-0.2, 0) is 36.9 Å². The highest BCUT2D eigenvalue weighted by Gasteiger charge is 2.78. The van der Waals surface area contributed by atoms with E-state index in [2.05, 4.69) is 10.6 Å². The van der Waals surface area contributed by atoms with Gasteiger partial charge in [0.05, 0.1) is 22.7 Å². The van der Waals surface area contributed by atoms with E-state index in [0.29, 0.717) is 24.9 Å². The van der Waals surface area contributed by atoms with E-state index in [1.54, 1.807) is 28.4 Å². The minimum Gasteiger partial charge on any atom is -0.481 e. The first kappa shape index (κ1) is 32.2. The lowest BCUT2D eigenvalue weighted by atomic mass is 9.39. The third-order valence-electron chi connectivity index (χ3n) is 7.79. The fourth-order valence-corrected chi connectivity index (χ4v) is 7.88. The van der Waals surface area contributed by atoms with Crippen molar-refractivity contribution in [3.8, 4) is 0 Å². The van der Waals surface area contributed by atoms with Crippen molar-refractivity contribution in [2.75, 3.05) is 41.5 Å². The first-order valence-corrected chi connectivity index (χ1v) is 16.9. The van der Waals surface area contributed by atoms with Crippen molar-refractivity contribution in [2.24, 2.45) is 22.7 Å². The quantitative estimate of drug-likeness (QED) is 0.161. The summed E-state index contributed by atoms with van der Waals surface area (Å²) in [4.78, 5) is 50.8. The Morgan fingerprint density at radius 2 is 0.972 bits per heavy atom. The average Bonchev–Trinajstić information content (AvgIpc) is 2.83. The molecule has 0 aliphatic heterocycles. The van der Waals surface area contributed by atoms with Crippen LogP contribution in [0, 0.1) is 22.7 Å². The van der Waals surface area contributed by atoms with E-state index in [9.17, 15) is 29.4 Å². The van der Waals surface area contributed by atoms with Gasteiger partial charge < -0.3 is 38.6 Å². The van der Waals surface area contributed by atoms with Crippen molar-refractivity contribution in [1.29, 1.82) is 0 Å². The molecule has 4 N–H and O–H groups in total. The summed E-state index contributed by atoms with van der Waals surface area (Å²) in [6.07, 6.45) is 1.01. The van der Waals surface area contributed by atoms with Gasteiger partial charge in [0.1, 0.15) is 0 Å². The summed E-state index contributed by atoms with van der Waals surface area (Å²) in [6.45, 7) is 6.64. The molecule has 0 bridgehead atoms. The molecule has 12 nitrogen and oxygen atoms in total. The smallest absolute Gasteiger partial charge is 0.334 e. The predicted molar refractivity (Wildman–Crippen MR) is 135 cm³/mol. The van der Waals surface area contributed by atoms with Crippen molar-refractivity contribution in [1.82, 2.24) is 10.6 Å². The van der Waals surface area contributed by atoms with Crippen LogP contribution in [0.4, 0.5) is 0 Å². The van der Waals surface area contributed by atoms with Crippen LogP contribution < -0.4 is 10.6 Å². The zero-order valence-electron chi connectivity index (χ0n) is 22.6. The molecular weight excluding hydrogens is 508 g/mol. The van der Waals surface area contributed by atoms with E-state index in [0.717, 1.165) is 0 Å². The van der Waals surface area contributed by atoms with Gasteiger partial charge >= 0.3 is 29.1 Å². The highest BCUT2D eigenvalue weighted by molar-refractivity contribution is 6.66. The van der Waals surface area contributed by atoms with E-state index in [1.807, 2.05) is 13.1 Å². The molecule has 1 aliphatic rings. The van der Waals surface area contributed by atoms with Crippen LogP contribution in [0.1, 0.15) is 26.7 Å². The summed E-state index contributed by atoms with van der Waals surface area (Å²) in [5.41, 5.74) is -3.79. The summed E-state index contributed by atoms with van der Waals surface area (Å²) in [5, 5.41) is 25.4. The maximum atomic E-state index is 13.1. The zero-order valence-corrected chi connectivity index (χ0v) is 24.6. The van der Waals surface area contributed by atoms with E-state index in [-0.39, 0.29) is 13.1 Å². The molecule has 2 amide bonds. The van der Waals surface area contributed by atoms with Gasteiger partial charge in [-0.05, 0) is 51.9 Å². The number of carbonyl (C=O) groups is 4. The molecule has 208 valence electrons. The number of nitrogens with one attached hydrogen (secondary N) is 2. The molecule has 0 aromatic carbocycles. The Labute approximate surface area is 214 Å². The molecule has 0 aromatic heterocycles. The Hall–Kier alpha value is -1.85. The van der Waals surface area contributed by atoms with E-state index >= 15 is 0 Å². The van der Waals surface area contributed by atoms with Gasteiger partial charge in [0.15, 0.2) is 0 Å². The molecule has 0 unspecified atom stereocenters. The Morgan fingerprint density at radius 3 is 1.19 bits per heavy atom. The van der Waals surface area contributed by atoms with Crippen LogP contribution in [0.25, 0.3) is 0 Å². The molecule has 0 heterocycles. The van der Waals surface area contributed by atoms with Gasteiger partial charge in [0.25, 0.3) is 0 Å². The summed E-state index contributed by atoms with van der Waals surface area (Å²) in [7, 11) is 1.53. The standard InChI is InChI=1S/C22H42N2O10Si2/c1-21(19(27)28)15(17(25)23-11-9-13-35(7,31-3)32-4)22(2,20(29)30)16(21)18(26)24-12-10-14-36(8,33-5)34-6/h15-16H,9-14H2,1-8H3,(H,23,25)(H,24,26)(H,27,28)(H,29,30). The summed E-state index contributed by atoms with van der Waals surface area (Å²) >= 11 is 0. The van der Waals surface area contributed by atoms with Gasteiger partial charge in [-0.25, -0.2) is 0 Å². The Kier molecular flexibility index (Phi) is 11.3. The summed E-state index contributed by atoms with van der Waals surface area (Å²) < 4.78 is 21.6. The Balaban J connectivity index is 2.98. The maximum Gasteiger partial charge on any atom is 0.334 e. The van der Waals surface area contributed by atoms with Gasteiger partial charge in [-0.15, -0.1) is 0 Å². The van der Waals surface area contributed by atoms with E-state index in [4.69, 9.17) is 17.7 Å². The second-order valence-electron chi connectivity index (χ2n) is 9.91. The molecule has 1 aliphatic carbocycles. The Bertz CT molecular complexity index is 743. The van der Waals surface area contributed by atoms with Crippen LogP contribution in [0.2, 0.25) is 25.2 Å². The van der Waals surface area contributed by atoms with Crippen LogP contribution in [-0.4, -0.2) is 92.6 Å². The predicted octanol–water partition coefficient (Wildman–Crippen LogP) is 1.16. The number of hydrogen-bond donors (Lipinski definition) is 4. The number of hydrogen-bond acceptors (Lipinski definition) is 8. The third-order valence-corrected chi connectivity index (χ3v) is 13.8. The van der Waals surface area contributed by atoms with E-state index in [1.165, 1.54) is 13.8 Å². The summed E-state index contributed by atoms with van der Waals surface area (Å²) in [5.74, 6) is -7.12. The molecular formula is C22H42N2O10Si2. The number of amides is 2. The van der Waals surface area contributed by atoms with Crippen LogP contribution in [0.3, 0.4) is 0 Å². The number of aliphatic carboxylic acids is 2. The van der Waals surface area contributed by atoms with Crippen molar-refractivity contribution >= 4 is 40.9 Å². The highest BCUT2D eigenvalue weighted by atomic mass is 28.4. The second-order valence-corrected chi connectivity index (χ2v) is 17.1. The molecule has 0 saturated heterocycles. The largest absolute Gasteiger partial charge is 0.481 e. The lowest BCUT2D eigenvalue weighted by Gasteiger charge is -2.59. The zero-order chi connectivity index (χ0) is 27.9. The number of carboxylic acid groups (broad SMARTS) is 2. The molecule has 0 spiro atoms. The molecule has 0 radical (unpaired) electrons. The molecule has 0 atom stereocenters. The minimum atomic E-state index is -2.35. The first-order chi connectivity index (χ1) is 16.6. The fraction of sp³-hybridized carbons (Fsp3) is 0.818. The lowest BCUT2D eigenvalue weighted by molar-refractivity contribution is -0.219. The van der Waals surface area contributed by atoms with Crippen LogP contribution in [0.15, 0.2) is 0 Å². The minimum absolute atomic E-state index is 0.189. The average molecular weight is 551 g/mol. The van der Waals surface area contributed by atoms with Crippen molar-refractivity contribution in [2.45, 2.75) is 51.9 Å². The van der Waals surface area contributed by atoms with Crippen molar-refractivity contribution in [3.63, 3.8) is 0 Å². The molecule has 1 rings (SSSR count). The third kappa shape index (κ3) is 6.34. The normalized spacial score (nSPS) is 26.1. The summed E-state index contributed by atoms with van der Waals surface area (Å²) in [6, 6.07) is 1.16. The van der Waals surface area contributed by atoms with Gasteiger partial charge in [-0.3, -0.25) is 19.2 Å². The molecule has 1 saturated carbocycles. The molecule has 1 fully saturated rings. The van der Waals surface area contributed by atoms with Gasteiger partial charge in [-0.2, -0.15) is 0 Å². The lowest BCUT2D eigenvalue weighted by Crippen LogP contribution is -2.75. The highest BCUT2D eigenvalue weighted by Crippen LogP contribution is 2.64. The first-order valence-electron chi connectivity index (χ1n) is 11.9. The van der Waals surface area contributed by atoms with Crippen molar-refractivity contribution < 1.29 is 47.1 Å². The number of carbonyl (C=O) groups excluding carboxylic acids is 2. The Morgan fingerprint density at radius 1 is 0.694 bits per heavy atom. The second kappa shape index (κ2) is 12.6. The van der Waals surface area contributed by atoms with Crippen LogP contribution in [0.5, 0.6) is 0 Å². The number of rotatable bonds is 16.